The summed E-state index contributed by atoms with van der Waals surface area (Å²) >= 11 is 3.37. The van der Waals surface area contributed by atoms with Gasteiger partial charge in [0, 0.05) is 29.5 Å². The lowest BCUT2D eigenvalue weighted by Crippen LogP contribution is -2.32. The minimum absolute atomic E-state index is 0.0294. The minimum Gasteiger partial charge on any atom is -0.326 e. The van der Waals surface area contributed by atoms with Gasteiger partial charge in [-0.05, 0) is 36.2 Å². The molecule has 1 heterocycles. The fourth-order valence-electron chi connectivity index (χ4n) is 3.08. The summed E-state index contributed by atoms with van der Waals surface area (Å²) in [5.41, 5.74) is 8.05. The Hall–Kier alpha value is -1.21. The summed E-state index contributed by atoms with van der Waals surface area (Å²) in [4.78, 5) is 0.349. The third-order valence-electron chi connectivity index (χ3n) is 4.31. The maximum absolute atomic E-state index is 12.9. The van der Waals surface area contributed by atoms with E-state index < -0.39 is 10.0 Å². The average Bonchev–Trinajstić information content (AvgIpc) is 2.90. The van der Waals surface area contributed by atoms with Crippen LogP contribution in [0.3, 0.4) is 0 Å². The van der Waals surface area contributed by atoms with Gasteiger partial charge < -0.3 is 5.73 Å². The molecule has 0 amide bonds. The van der Waals surface area contributed by atoms with Gasteiger partial charge in [0.2, 0.25) is 10.0 Å². The van der Waals surface area contributed by atoms with Crippen molar-refractivity contribution in [2.45, 2.75) is 23.8 Å². The molecule has 0 bridgehead atoms. The molecule has 0 saturated carbocycles. The second-order valence-electron chi connectivity index (χ2n) is 5.91. The zero-order valence-electron chi connectivity index (χ0n) is 12.8. The smallest absolute Gasteiger partial charge is 0.243 e. The topological polar surface area (TPSA) is 63.4 Å². The van der Waals surface area contributed by atoms with E-state index in [4.69, 9.17) is 5.73 Å². The molecule has 0 radical (unpaired) electrons. The number of hydrogen-bond donors (Lipinski definition) is 1. The van der Waals surface area contributed by atoms with E-state index in [1.54, 1.807) is 12.1 Å². The van der Waals surface area contributed by atoms with Crippen molar-refractivity contribution in [1.82, 2.24) is 4.31 Å². The first-order valence-electron chi connectivity index (χ1n) is 7.46. The number of nitrogens with zero attached hydrogens (tertiary/aromatic N) is 1. The summed E-state index contributed by atoms with van der Waals surface area (Å²) in [5.74, 6) is 0.0294. The Balaban J connectivity index is 1.90. The second-order valence-corrected chi connectivity index (χ2v) is 8.73. The van der Waals surface area contributed by atoms with Crippen molar-refractivity contribution < 1.29 is 8.42 Å². The molecule has 1 aliphatic heterocycles. The monoisotopic (exact) mass is 394 g/mol. The lowest BCUT2D eigenvalue weighted by molar-refractivity contribution is 0.469. The van der Waals surface area contributed by atoms with Crippen LogP contribution in [0.2, 0.25) is 0 Å². The fourth-order valence-corrected chi connectivity index (χ4v) is 5.27. The Kier molecular flexibility index (Phi) is 4.60. The normalized spacial score (nSPS) is 22.4. The Morgan fingerprint density at radius 1 is 1.13 bits per heavy atom. The highest BCUT2D eigenvalue weighted by Gasteiger charge is 2.38. The van der Waals surface area contributed by atoms with Crippen molar-refractivity contribution in [2.75, 3.05) is 13.1 Å². The Labute approximate surface area is 145 Å². The van der Waals surface area contributed by atoms with Crippen LogP contribution < -0.4 is 5.73 Å². The number of halogens is 1. The van der Waals surface area contributed by atoms with Crippen LogP contribution >= 0.6 is 15.9 Å². The van der Waals surface area contributed by atoms with Gasteiger partial charge in [0.05, 0.1) is 4.90 Å². The maximum Gasteiger partial charge on any atom is 0.243 e. The van der Waals surface area contributed by atoms with Crippen LogP contribution in [0.5, 0.6) is 0 Å². The van der Waals surface area contributed by atoms with E-state index in [1.165, 1.54) is 4.31 Å². The minimum atomic E-state index is -3.53. The quantitative estimate of drug-likeness (QED) is 0.870. The van der Waals surface area contributed by atoms with E-state index in [9.17, 15) is 8.42 Å². The first-order valence-corrected chi connectivity index (χ1v) is 9.70. The molecule has 0 aliphatic carbocycles. The standard InChI is InChI=1S/C17H19BrN2O2S/c1-12-9-14(18)7-8-17(12)23(21,22)20-10-15(16(19)11-20)13-5-3-2-4-6-13/h2-9,15-16H,10-11,19H2,1H3/t15-,16+/m0/s1. The second kappa shape index (κ2) is 6.36. The summed E-state index contributed by atoms with van der Waals surface area (Å²) in [7, 11) is -3.53. The average molecular weight is 395 g/mol. The van der Waals surface area contributed by atoms with Gasteiger partial charge >= 0.3 is 0 Å². The molecule has 4 nitrogen and oxygen atoms in total. The highest BCUT2D eigenvalue weighted by atomic mass is 79.9. The molecule has 2 aromatic rings. The van der Waals surface area contributed by atoms with Crippen LogP contribution in [0.1, 0.15) is 17.0 Å². The van der Waals surface area contributed by atoms with E-state index in [0.717, 1.165) is 15.6 Å². The highest BCUT2D eigenvalue weighted by molar-refractivity contribution is 9.10. The molecule has 1 saturated heterocycles. The van der Waals surface area contributed by atoms with Gasteiger partial charge in [0.25, 0.3) is 0 Å². The van der Waals surface area contributed by atoms with Crippen molar-refractivity contribution in [2.24, 2.45) is 5.73 Å². The molecular weight excluding hydrogens is 376 g/mol. The zero-order valence-corrected chi connectivity index (χ0v) is 15.2. The molecule has 6 heteroatoms. The molecule has 0 spiro atoms. The van der Waals surface area contributed by atoms with Crippen molar-refractivity contribution in [1.29, 1.82) is 0 Å². The number of benzene rings is 2. The van der Waals surface area contributed by atoms with Crippen molar-refractivity contribution in [3.8, 4) is 0 Å². The molecule has 2 atom stereocenters. The maximum atomic E-state index is 12.9. The summed E-state index contributed by atoms with van der Waals surface area (Å²) in [6.07, 6.45) is 0. The van der Waals surface area contributed by atoms with E-state index in [2.05, 4.69) is 15.9 Å². The third kappa shape index (κ3) is 3.21. The summed E-state index contributed by atoms with van der Waals surface area (Å²) in [6.45, 7) is 2.57. The SMILES string of the molecule is Cc1cc(Br)ccc1S(=O)(=O)N1C[C@@H](N)[C@H](c2ccccc2)C1. The van der Waals surface area contributed by atoms with Gasteiger partial charge in [-0.3, -0.25) is 0 Å². The van der Waals surface area contributed by atoms with Gasteiger partial charge in [-0.25, -0.2) is 8.42 Å². The highest BCUT2D eigenvalue weighted by Crippen LogP contribution is 2.31. The lowest BCUT2D eigenvalue weighted by atomic mass is 9.95. The van der Waals surface area contributed by atoms with Gasteiger partial charge in [-0.1, -0.05) is 46.3 Å². The number of aryl methyl sites for hydroxylation is 1. The molecule has 1 fully saturated rings. The summed E-state index contributed by atoms with van der Waals surface area (Å²) in [6, 6.07) is 14.9. The summed E-state index contributed by atoms with van der Waals surface area (Å²) < 4.78 is 28.3. The molecule has 3 rings (SSSR count). The van der Waals surface area contributed by atoms with Crippen LogP contribution in [-0.4, -0.2) is 31.9 Å². The first kappa shape index (κ1) is 16.6. The molecular formula is C17H19BrN2O2S. The number of rotatable bonds is 3. The van der Waals surface area contributed by atoms with Gasteiger partial charge in [0.15, 0.2) is 0 Å². The molecule has 1 aliphatic rings. The van der Waals surface area contributed by atoms with E-state index in [-0.39, 0.29) is 12.0 Å². The molecule has 0 aromatic heterocycles. The third-order valence-corrected chi connectivity index (χ3v) is 6.80. The van der Waals surface area contributed by atoms with Gasteiger partial charge in [-0.15, -0.1) is 0 Å². The summed E-state index contributed by atoms with van der Waals surface area (Å²) in [5, 5.41) is 0. The van der Waals surface area contributed by atoms with Gasteiger partial charge in [0.1, 0.15) is 0 Å². The van der Waals surface area contributed by atoms with Gasteiger partial charge in [-0.2, -0.15) is 4.31 Å². The zero-order chi connectivity index (χ0) is 16.6. The predicted molar refractivity (Wildman–Crippen MR) is 94.8 cm³/mol. The Morgan fingerprint density at radius 2 is 1.83 bits per heavy atom. The van der Waals surface area contributed by atoms with E-state index in [0.29, 0.717) is 18.0 Å². The van der Waals surface area contributed by atoms with Crippen LogP contribution in [0.15, 0.2) is 57.9 Å². The fraction of sp³-hybridized carbons (Fsp3) is 0.294. The van der Waals surface area contributed by atoms with Crippen LogP contribution in [0, 0.1) is 6.92 Å². The molecule has 2 aromatic carbocycles. The van der Waals surface area contributed by atoms with Crippen LogP contribution in [0.4, 0.5) is 0 Å². The predicted octanol–water partition coefficient (Wildman–Crippen LogP) is 2.87. The molecule has 23 heavy (non-hydrogen) atoms. The first-order chi connectivity index (χ1) is 10.9. The van der Waals surface area contributed by atoms with Crippen molar-refractivity contribution in [3.63, 3.8) is 0 Å². The molecule has 0 unspecified atom stereocenters. The molecule has 122 valence electrons. The van der Waals surface area contributed by atoms with Crippen LogP contribution in [0.25, 0.3) is 0 Å². The van der Waals surface area contributed by atoms with Crippen LogP contribution in [-0.2, 0) is 10.0 Å². The Bertz CT molecular complexity index is 809. The van der Waals surface area contributed by atoms with Crippen molar-refractivity contribution in [3.05, 3.63) is 64.1 Å². The van der Waals surface area contributed by atoms with E-state index in [1.807, 2.05) is 43.3 Å². The Morgan fingerprint density at radius 3 is 2.48 bits per heavy atom. The van der Waals surface area contributed by atoms with Crippen molar-refractivity contribution >= 4 is 26.0 Å². The van der Waals surface area contributed by atoms with E-state index >= 15 is 0 Å². The number of hydrogen-bond acceptors (Lipinski definition) is 3. The number of sulfonamides is 1. The molecule has 2 N–H and O–H groups in total. The number of nitrogens with two attached hydrogens (primary N) is 1. The lowest BCUT2D eigenvalue weighted by Gasteiger charge is -2.18. The largest absolute Gasteiger partial charge is 0.326 e.